The van der Waals surface area contributed by atoms with Crippen LogP contribution in [0.1, 0.15) is 20.3 Å². The third-order valence-corrected chi connectivity index (χ3v) is 3.50. The predicted octanol–water partition coefficient (Wildman–Crippen LogP) is 0.999. The lowest BCUT2D eigenvalue weighted by atomic mass is 9.85. The summed E-state index contributed by atoms with van der Waals surface area (Å²) in [6, 6.07) is 0. The maximum atomic E-state index is 11.6. The largest absolute Gasteiger partial charge is 0.481 e. The number of carbonyl (C=O) groups excluding carboxylic acids is 1. The van der Waals surface area contributed by atoms with Gasteiger partial charge in [0.05, 0.1) is 11.5 Å². The number of carboxylic acids is 1. The lowest BCUT2D eigenvalue weighted by Gasteiger charge is -2.34. The SMILES string of the molecule is C=CC(C(=O)O)C1=CN2C(=O)CCN2C1(C)C. The van der Waals surface area contributed by atoms with Crippen LogP contribution in [0, 0.1) is 5.92 Å². The van der Waals surface area contributed by atoms with Crippen LogP contribution in [0.2, 0.25) is 0 Å². The van der Waals surface area contributed by atoms with E-state index in [9.17, 15) is 9.59 Å². The van der Waals surface area contributed by atoms with Crippen LogP contribution < -0.4 is 0 Å². The summed E-state index contributed by atoms with van der Waals surface area (Å²) in [6.45, 7) is 8.05. The average molecular weight is 236 g/mol. The van der Waals surface area contributed by atoms with Crippen molar-refractivity contribution in [1.82, 2.24) is 10.0 Å². The standard InChI is InChI=1S/C12H16N2O3/c1-4-8(11(16)17)9-7-13-10(15)5-6-14(13)12(9,2)3/h4,7-8H,1,5-6H2,2-3H3,(H,16,17). The molecule has 2 aliphatic rings. The number of aliphatic carboxylic acids is 1. The first-order valence-corrected chi connectivity index (χ1v) is 5.56. The quantitative estimate of drug-likeness (QED) is 0.743. The zero-order valence-corrected chi connectivity index (χ0v) is 10.0. The molecule has 5 nitrogen and oxygen atoms in total. The molecule has 0 radical (unpaired) electrons. The fraction of sp³-hybridized carbons (Fsp3) is 0.500. The van der Waals surface area contributed by atoms with Crippen LogP contribution in [-0.2, 0) is 9.59 Å². The Balaban J connectivity index is 2.40. The van der Waals surface area contributed by atoms with E-state index in [0.717, 1.165) is 0 Å². The van der Waals surface area contributed by atoms with E-state index in [1.807, 2.05) is 18.9 Å². The van der Waals surface area contributed by atoms with Gasteiger partial charge in [0.2, 0.25) is 5.91 Å². The molecule has 1 amide bonds. The van der Waals surface area contributed by atoms with Gasteiger partial charge < -0.3 is 5.11 Å². The molecule has 1 fully saturated rings. The lowest BCUT2D eigenvalue weighted by molar-refractivity contribution is -0.139. The van der Waals surface area contributed by atoms with Gasteiger partial charge in [-0.25, -0.2) is 10.0 Å². The van der Waals surface area contributed by atoms with Crippen molar-refractivity contribution in [3.8, 4) is 0 Å². The summed E-state index contributed by atoms with van der Waals surface area (Å²) >= 11 is 0. The van der Waals surface area contributed by atoms with E-state index in [1.165, 1.54) is 11.1 Å². The van der Waals surface area contributed by atoms with Crippen LogP contribution in [0.4, 0.5) is 0 Å². The van der Waals surface area contributed by atoms with Gasteiger partial charge in [-0.15, -0.1) is 6.58 Å². The molecule has 1 N–H and O–H groups in total. The van der Waals surface area contributed by atoms with Gasteiger partial charge in [0.25, 0.3) is 0 Å². The van der Waals surface area contributed by atoms with Gasteiger partial charge >= 0.3 is 5.97 Å². The minimum absolute atomic E-state index is 0.0151. The summed E-state index contributed by atoms with van der Waals surface area (Å²) in [5.74, 6) is -1.67. The number of rotatable bonds is 3. The van der Waals surface area contributed by atoms with Gasteiger partial charge in [-0.2, -0.15) is 0 Å². The molecule has 1 atom stereocenters. The molecule has 2 aliphatic heterocycles. The van der Waals surface area contributed by atoms with Gasteiger partial charge in [-0.3, -0.25) is 9.59 Å². The van der Waals surface area contributed by atoms with Gasteiger partial charge in [-0.05, 0) is 19.4 Å². The molecule has 5 heteroatoms. The molecule has 0 aromatic rings. The monoisotopic (exact) mass is 236 g/mol. The lowest BCUT2D eigenvalue weighted by Crippen LogP contribution is -2.46. The molecular weight excluding hydrogens is 220 g/mol. The molecule has 2 rings (SSSR count). The van der Waals surface area contributed by atoms with Crippen molar-refractivity contribution in [2.24, 2.45) is 5.92 Å². The van der Waals surface area contributed by atoms with Crippen LogP contribution >= 0.6 is 0 Å². The van der Waals surface area contributed by atoms with E-state index >= 15 is 0 Å². The fourth-order valence-corrected chi connectivity index (χ4v) is 2.51. The van der Waals surface area contributed by atoms with E-state index in [2.05, 4.69) is 6.58 Å². The van der Waals surface area contributed by atoms with E-state index in [1.54, 1.807) is 6.20 Å². The second kappa shape index (κ2) is 3.70. The Kier molecular flexibility index (Phi) is 2.58. The van der Waals surface area contributed by atoms with Crippen molar-refractivity contribution >= 4 is 11.9 Å². The Hall–Kier alpha value is -1.62. The number of hydrogen-bond acceptors (Lipinski definition) is 3. The fourth-order valence-electron chi connectivity index (χ4n) is 2.51. The second-order valence-corrected chi connectivity index (χ2v) is 4.81. The first kappa shape index (κ1) is 11.9. The number of nitrogens with zero attached hydrogens (tertiary/aromatic N) is 2. The first-order valence-electron chi connectivity index (χ1n) is 5.56. The number of fused-ring (bicyclic) bond motifs is 1. The van der Waals surface area contributed by atoms with Crippen molar-refractivity contribution in [2.45, 2.75) is 25.8 Å². The molecule has 0 aliphatic carbocycles. The van der Waals surface area contributed by atoms with Crippen molar-refractivity contribution in [3.05, 3.63) is 24.4 Å². The summed E-state index contributed by atoms with van der Waals surface area (Å²) in [4.78, 5) is 22.8. The highest BCUT2D eigenvalue weighted by atomic mass is 16.4. The van der Waals surface area contributed by atoms with Crippen molar-refractivity contribution in [1.29, 1.82) is 0 Å². The van der Waals surface area contributed by atoms with Crippen LogP contribution in [0.5, 0.6) is 0 Å². The van der Waals surface area contributed by atoms with Crippen LogP contribution in [0.25, 0.3) is 0 Å². The summed E-state index contributed by atoms with van der Waals surface area (Å²) in [6.07, 6.45) is 3.54. The number of carboxylic acid groups (broad SMARTS) is 1. The Labute approximate surface area is 100.0 Å². The minimum atomic E-state index is -0.936. The molecule has 0 bridgehead atoms. The third kappa shape index (κ3) is 1.58. The molecule has 1 saturated heterocycles. The van der Waals surface area contributed by atoms with Gasteiger partial charge in [-0.1, -0.05) is 6.08 Å². The highest BCUT2D eigenvalue weighted by Gasteiger charge is 2.48. The Morgan fingerprint density at radius 1 is 1.65 bits per heavy atom. The maximum Gasteiger partial charge on any atom is 0.314 e. The van der Waals surface area contributed by atoms with E-state index in [-0.39, 0.29) is 5.91 Å². The summed E-state index contributed by atoms with van der Waals surface area (Å²) < 4.78 is 0. The van der Waals surface area contributed by atoms with Crippen LogP contribution in [0.15, 0.2) is 24.4 Å². The molecule has 1 unspecified atom stereocenters. The van der Waals surface area contributed by atoms with E-state index in [4.69, 9.17) is 5.11 Å². The molecule has 92 valence electrons. The Bertz CT molecular complexity index is 425. The van der Waals surface area contributed by atoms with Gasteiger partial charge in [0.15, 0.2) is 0 Å². The summed E-state index contributed by atoms with van der Waals surface area (Å²) in [5, 5.41) is 12.6. The Morgan fingerprint density at radius 2 is 2.29 bits per heavy atom. The van der Waals surface area contributed by atoms with E-state index < -0.39 is 17.4 Å². The molecule has 0 aromatic carbocycles. The highest BCUT2D eigenvalue weighted by Crippen LogP contribution is 2.40. The number of amides is 1. The highest BCUT2D eigenvalue weighted by molar-refractivity contribution is 5.82. The van der Waals surface area contributed by atoms with Crippen molar-refractivity contribution in [3.63, 3.8) is 0 Å². The molecule has 0 aromatic heterocycles. The van der Waals surface area contributed by atoms with E-state index in [0.29, 0.717) is 18.5 Å². The van der Waals surface area contributed by atoms with Gasteiger partial charge in [0.1, 0.15) is 0 Å². The Morgan fingerprint density at radius 3 is 2.76 bits per heavy atom. The van der Waals surface area contributed by atoms with Crippen LogP contribution in [0.3, 0.4) is 0 Å². The number of hydrogen-bond donors (Lipinski definition) is 1. The smallest absolute Gasteiger partial charge is 0.314 e. The number of hydrazine groups is 1. The molecule has 17 heavy (non-hydrogen) atoms. The first-order chi connectivity index (χ1) is 7.89. The second-order valence-electron chi connectivity index (χ2n) is 4.81. The van der Waals surface area contributed by atoms with Crippen molar-refractivity contribution in [2.75, 3.05) is 6.54 Å². The predicted molar refractivity (Wildman–Crippen MR) is 61.7 cm³/mol. The average Bonchev–Trinajstić information content (AvgIpc) is 2.70. The molecular formula is C12H16N2O3. The molecule has 2 heterocycles. The molecule has 0 saturated carbocycles. The normalized spacial score (nSPS) is 24.5. The number of carbonyl (C=O) groups is 2. The van der Waals surface area contributed by atoms with Crippen LogP contribution in [-0.4, -0.2) is 39.1 Å². The third-order valence-electron chi connectivity index (χ3n) is 3.50. The zero-order chi connectivity index (χ0) is 12.8. The minimum Gasteiger partial charge on any atom is -0.481 e. The maximum absolute atomic E-state index is 11.6. The zero-order valence-electron chi connectivity index (χ0n) is 10.0. The van der Waals surface area contributed by atoms with Gasteiger partial charge in [0, 0.05) is 19.2 Å². The topological polar surface area (TPSA) is 60.9 Å². The molecule has 0 spiro atoms. The summed E-state index contributed by atoms with van der Waals surface area (Å²) in [5.41, 5.74) is 0.247. The van der Waals surface area contributed by atoms with Crippen molar-refractivity contribution < 1.29 is 14.7 Å². The summed E-state index contributed by atoms with van der Waals surface area (Å²) in [7, 11) is 0.